The van der Waals surface area contributed by atoms with E-state index in [0.717, 1.165) is 11.1 Å². The van der Waals surface area contributed by atoms with Crippen molar-refractivity contribution in [3.63, 3.8) is 0 Å². The normalized spacial score (nSPS) is 20.5. The summed E-state index contributed by atoms with van der Waals surface area (Å²) in [4.78, 5) is 11.6. The van der Waals surface area contributed by atoms with Gasteiger partial charge in [0.15, 0.2) is 0 Å². The van der Waals surface area contributed by atoms with Gasteiger partial charge in [0.1, 0.15) is 0 Å². The van der Waals surface area contributed by atoms with Crippen LogP contribution in [0.4, 0.5) is 0 Å². The smallest absolute Gasteiger partial charge is 0.245 e. The Hall–Kier alpha value is -2.13. The Kier molecular flexibility index (Phi) is 3.52. The van der Waals surface area contributed by atoms with Crippen LogP contribution < -0.4 is 11.3 Å². The number of hydrazine groups is 1. The quantitative estimate of drug-likeness (QED) is 0.459. The van der Waals surface area contributed by atoms with E-state index in [9.17, 15) is 4.79 Å². The van der Waals surface area contributed by atoms with E-state index in [0.29, 0.717) is 0 Å². The lowest BCUT2D eigenvalue weighted by molar-refractivity contribution is -0.122. The van der Waals surface area contributed by atoms with Crippen molar-refractivity contribution in [1.29, 1.82) is 0 Å². The Morgan fingerprint density at radius 3 is 2.71 bits per heavy atom. The first-order valence-corrected chi connectivity index (χ1v) is 5.43. The van der Waals surface area contributed by atoms with Crippen molar-refractivity contribution in [2.24, 2.45) is 11.8 Å². The molecule has 1 aliphatic carbocycles. The van der Waals surface area contributed by atoms with E-state index in [2.05, 4.69) is 5.43 Å². The SMILES string of the molecule is NNC(=O)C1C=CC=CC1=Cc1ccccc1. The van der Waals surface area contributed by atoms with Crippen LogP contribution in [0.2, 0.25) is 0 Å². The monoisotopic (exact) mass is 226 g/mol. The highest BCUT2D eigenvalue weighted by Crippen LogP contribution is 2.21. The molecule has 0 bridgehead atoms. The fourth-order valence-corrected chi connectivity index (χ4v) is 1.76. The number of allylic oxidation sites excluding steroid dienone is 3. The zero-order valence-corrected chi connectivity index (χ0v) is 9.34. The third kappa shape index (κ3) is 2.71. The van der Waals surface area contributed by atoms with Crippen LogP contribution in [0, 0.1) is 5.92 Å². The van der Waals surface area contributed by atoms with Gasteiger partial charge in [0.05, 0.1) is 5.92 Å². The molecular formula is C14H14N2O. The molecule has 0 saturated carbocycles. The molecule has 0 fully saturated rings. The molecule has 1 aromatic carbocycles. The highest BCUT2D eigenvalue weighted by atomic mass is 16.2. The summed E-state index contributed by atoms with van der Waals surface area (Å²) >= 11 is 0. The van der Waals surface area contributed by atoms with Crippen molar-refractivity contribution in [2.45, 2.75) is 0 Å². The number of rotatable bonds is 2. The summed E-state index contributed by atoms with van der Waals surface area (Å²) in [6.45, 7) is 0. The summed E-state index contributed by atoms with van der Waals surface area (Å²) in [6, 6.07) is 9.88. The van der Waals surface area contributed by atoms with Gasteiger partial charge in [0.25, 0.3) is 0 Å². The summed E-state index contributed by atoms with van der Waals surface area (Å²) in [5.74, 6) is 4.66. The number of hydrogen-bond acceptors (Lipinski definition) is 2. The number of benzene rings is 1. The molecule has 1 amide bonds. The van der Waals surface area contributed by atoms with E-state index < -0.39 is 0 Å². The topological polar surface area (TPSA) is 55.1 Å². The first-order valence-electron chi connectivity index (χ1n) is 5.43. The average molecular weight is 226 g/mol. The van der Waals surface area contributed by atoms with Gasteiger partial charge in [-0.3, -0.25) is 10.2 Å². The second kappa shape index (κ2) is 5.27. The van der Waals surface area contributed by atoms with Crippen molar-refractivity contribution in [1.82, 2.24) is 5.43 Å². The van der Waals surface area contributed by atoms with Crippen LogP contribution >= 0.6 is 0 Å². The maximum Gasteiger partial charge on any atom is 0.245 e. The molecule has 3 heteroatoms. The van der Waals surface area contributed by atoms with Gasteiger partial charge >= 0.3 is 0 Å². The maximum atomic E-state index is 11.6. The summed E-state index contributed by atoms with van der Waals surface area (Å²) in [6.07, 6.45) is 9.50. The summed E-state index contributed by atoms with van der Waals surface area (Å²) < 4.78 is 0. The third-order valence-electron chi connectivity index (χ3n) is 2.62. The van der Waals surface area contributed by atoms with Crippen LogP contribution in [-0.2, 0) is 4.79 Å². The lowest BCUT2D eigenvalue weighted by Gasteiger charge is -2.15. The van der Waals surface area contributed by atoms with Crippen molar-refractivity contribution in [2.75, 3.05) is 0 Å². The second-order valence-electron chi connectivity index (χ2n) is 3.79. The second-order valence-corrected chi connectivity index (χ2v) is 3.79. The predicted octanol–water partition coefficient (Wildman–Crippen LogP) is 1.80. The van der Waals surface area contributed by atoms with Gasteiger partial charge in [-0.1, -0.05) is 60.7 Å². The van der Waals surface area contributed by atoms with Gasteiger partial charge in [0, 0.05) is 0 Å². The van der Waals surface area contributed by atoms with E-state index in [1.165, 1.54) is 0 Å². The highest BCUT2D eigenvalue weighted by Gasteiger charge is 2.18. The molecule has 3 nitrogen and oxygen atoms in total. The zero-order valence-electron chi connectivity index (χ0n) is 9.34. The fraction of sp³-hybridized carbons (Fsp3) is 0.0714. The Morgan fingerprint density at radius 2 is 2.00 bits per heavy atom. The van der Waals surface area contributed by atoms with Crippen LogP contribution in [0.15, 0.2) is 60.2 Å². The van der Waals surface area contributed by atoms with Crippen molar-refractivity contribution >= 4 is 12.0 Å². The van der Waals surface area contributed by atoms with E-state index in [1.54, 1.807) is 0 Å². The lowest BCUT2D eigenvalue weighted by Crippen LogP contribution is -2.36. The van der Waals surface area contributed by atoms with E-state index in [-0.39, 0.29) is 11.8 Å². The molecule has 86 valence electrons. The molecule has 1 unspecified atom stereocenters. The molecule has 0 spiro atoms. The molecular weight excluding hydrogens is 212 g/mol. The van der Waals surface area contributed by atoms with Crippen LogP contribution in [0.3, 0.4) is 0 Å². The molecule has 1 aromatic rings. The van der Waals surface area contributed by atoms with E-state index >= 15 is 0 Å². The Morgan fingerprint density at radius 1 is 1.24 bits per heavy atom. The third-order valence-corrected chi connectivity index (χ3v) is 2.62. The molecule has 0 heterocycles. The Labute approximate surface area is 100 Å². The number of amides is 1. The van der Waals surface area contributed by atoms with Gasteiger partial charge in [-0.05, 0) is 11.1 Å². The molecule has 1 aliphatic rings. The minimum absolute atomic E-state index is 0.201. The van der Waals surface area contributed by atoms with Gasteiger partial charge in [-0.15, -0.1) is 0 Å². The average Bonchev–Trinajstić information content (AvgIpc) is 2.40. The zero-order chi connectivity index (χ0) is 12.1. The molecule has 0 aromatic heterocycles. The van der Waals surface area contributed by atoms with Crippen molar-refractivity contribution in [3.8, 4) is 0 Å². The Bertz CT molecular complexity index is 486. The van der Waals surface area contributed by atoms with Gasteiger partial charge < -0.3 is 0 Å². The standard InChI is InChI=1S/C14H14N2O/c15-16-14(17)13-9-5-4-8-12(13)10-11-6-2-1-3-7-11/h1-10,13H,15H2,(H,16,17). The van der Waals surface area contributed by atoms with Gasteiger partial charge in [0.2, 0.25) is 5.91 Å². The van der Waals surface area contributed by atoms with E-state index in [4.69, 9.17) is 5.84 Å². The highest BCUT2D eigenvalue weighted by molar-refractivity contribution is 5.86. The van der Waals surface area contributed by atoms with Gasteiger partial charge in [-0.2, -0.15) is 0 Å². The molecule has 0 aliphatic heterocycles. The number of carbonyl (C=O) groups is 1. The minimum Gasteiger partial charge on any atom is -0.293 e. The number of nitrogens with two attached hydrogens (primary N) is 1. The largest absolute Gasteiger partial charge is 0.293 e. The summed E-state index contributed by atoms with van der Waals surface area (Å²) in [5.41, 5.74) is 4.18. The van der Waals surface area contributed by atoms with E-state index in [1.807, 2.05) is 60.7 Å². The minimum atomic E-state index is -0.315. The molecule has 3 N–H and O–H groups in total. The lowest BCUT2D eigenvalue weighted by atomic mass is 9.92. The van der Waals surface area contributed by atoms with Crippen LogP contribution in [0.25, 0.3) is 6.08 Å². The van der Waals surface area contributed by atoms with Gasteiger partial charge in [-0.25, -0.2) is 5.84 Å². The maximum absolute atomic E-state index is 11.6. The van der Waals surface area contributed by atoms with Crippen LogP contribution in [0.5, 0.6) is 0 Å². The van der Waals surface area contributed by atoms with Crippen molar-refractivity contribution in [3.05, 3.63) is 65.8 Å². The summed E-state index contributed by atoms with van der Waals surface area (Å²) in [7, 11) is 0. The first-order chi connectivity index (χ1) is 8.31. The summed E-state index contributed by atoms with van der Waals surface area (Å²) in [5, 5.41) is 0. The predicted molar refractivity (Wildman–Crippen MR) is 68.5 cm³/mol. The van der Waals surface area contributed by atoms with Crippen LogP contribution in [0.1, 0.15) is 5.56 Å². The molecule has 1 atom stereocenters. The molecule has 0 radical (unpaired) electrons. The molecule has 0 saturated heterocycles. The molecule has 17 heavy (non-hydrogen) atoms. The fourth-order valence-electron chi connectivity index (χ4n) is 1.76. The number of carbonyl (C=O) groups excluding carboxylic acids is 1. The van der Waals surface area contributed by atoms with Crippen LogP contribution in [-0.4, -0.2) is 5.91 Å². The first kappa shape index (κ1) is 11.4. The molecule has 2 rings (SSSR count). The van der Waals surface area contributed by atoms with Crippen molar-refractivity contribution < 1.29 is 4.79 Å². The number of hydrogen-bond donors (Lipinski definition) is 2. The number of nitrogens with one attached hydrogen (secondary N) is 1. The Balaban J connectivity index is 2.30.